The Hall–Kier alpha value is -1.42. The molecule has 3 nitrogen and oxygen atoms in total. The molecule has 0 heterocycles. The Morgan fingerprint density at radius 1 is 1.56 bits per heavy atom. The first-order valence-electron chi connectivity index (χ1n) is 4.95. The van der Waals surface area contributed by atoms with Gasteiger partial charge in [-0.3, -0.25) is 4.79 Å². The molecule has 0 unspecified atom stereocenters. The van der Waals surface area contributed by atoms with Crippen LogP contribution in [0.4, 0.5) is 4.39 Å². The van der Waals surface area contributed by atoms with Gasteiger partial charge in [0.1, 0.15) is 5.82 Å². The summed E-state index contributed by atoms with van der Waals surface area (Å²) in [6.07, 6.45) is 3.03. The number of nitrogens with one attached hydrogen (secondary N) is 1. The summed E-state index contributed by atoms with van der Waals surface area (Å²) in [5.74, 6) is -0.506. The molecule has 0 aromatic heterocycles. The standard InChI is InChI=1S/C11H10ClFN2O/c12-9-2-1-3-10(13)8(9)6-14-15-11(16)7-4-5-7/h1-3,6-7H,4-5H2,(H,15,16)/b14-6+. The molecule has 1 aromatic rings. The predicted molar refractivity (Wildman–Crippen MR) is 59.9 cm³/mol. The zero-order valence-electron chi connectivity index (χ0n) is 8.41. The maximum atomic E-state index is 13.3. The second-order valence-electron chi connectivity index (χ2n) is 3.64. The van der Waals surface area contributed by atoms with Crippen LogP contribution in [0.2, 0.25) is 5.02 Å². The number of carbonyl (C=O) groups excluding carboxylic acids is 1. The first-order valence-corrected chi connectivity index (χ1v) is 5.33. The van der Waals surface area contributed by atoms with Gasteiger partial charge in [0.25, 0.3) is 0 Å². The summed E-state index contributed by atoms with van der Waals surface area (Å²) in [7, 11) is 0. The van der Waals surface area contributed by atoms with Gasteiger partial charge in [-0.15, -0.1) is 0 Å². The third kappa shape index (κ3) is 2.58. The molecule has 1 N–H and O–H groups in total. The number of carbonyl (C=O) groups is 1. The van der Waals surface area contributed by atoms with Gasteiger partial charge < -0.3 is 0 Å². The van der Waals surface area contributed by atoms with E-state index in [1.54, 1.807) is 6.07 Å². The number of rotatable bonds is 3. The molecule has 1 amide bonds. The Morgan fingerprint density at radius 2 is 2.31 bits per heavy atom. The van der Waals surface area contributed by atoms with Crippen LogP contribution in [0.25, 0.3) is 0 Å². The second kappa shape index (κ2) is 4.61. The highest BCUT2D eigenvalue weighted by molar-refractivity contribution is 6.33. The molecule has 0 aliphatic heterocycles. The summed E-state index contributed by atoms with van der Waals surface area (Å²) < 4.78 is 13.3. The second-order valence-corrected chi connectivity index (χ2v) is 4.05. The first kappa shape index (κ1) is 11.1. The van der Waals surface area contributed by atoms with Crippen molar-refractivity contribution in [2.75, 3.05) is 0 Å². The molecule has 84 valence electrons. The van der Waals surface area contributed by atoms with Gasteiger partial charge in [-0.2, -0.15) is 5.10 Å². The highest BCUT2D eigenvalue weighted by Gasteiger charge is 2.29. The Bertz CT molecular complexity index is 423. The van der Waals surface area contributed by atoms with Crippen LogP contribution in [-0.2, 0) is 4.79 Å². The maximum absolute atomic E-state index is 13.3. The van der Waals surface area contributed by atoms with E-state index in [0.29, 0.717) is 0 Å². The van der Waals surface area contributed by atoms with Crippen LogP contribution < -0.4 is 5.43 Å². The van der Waals surface area contributed by atoms with Crippen LogP contribution in [-0.4, -0.2) is 12.1 Å². The lowest BCUT2D eigenvalue weighted by atomic mass is 10.2. The Kier molecular flexibility index (Phi) is 3.19. The molecule has 2 rings (SSSR count). The fraction of sp³-hybridized carbons (Fsp3) is 0.273. The minimum atomic E-state index is -0.461. The van der Waals surface area contributed by atoms with E-state index >= 15 is 0 Å². The summed E-state index contributed by atoms with van der Waals surface area (Å²) in [5.41, 5.74) is 2.53. The molecule has 1 fully saturated rings. The highest BCUT2D eigenvalue weighted by atomic mass is 35.5. The minimum Gasteiger partial charge on any atom is -0.273 e. The molecular weight excluding hydrogens is 231 g/mol. The Balaban J connectivity index is 2.02. The summed E-state index contributed by atoms with van der Waals surface area (Å²) in [5, 5.41) is 3.94. The number of hydrazone groups is 1. The molecule has 1 saturated carbocycles. The summed E-state index contributed by atoms with van der Waals surface area (Å²) in [6, 6.07) is 4.36. The highest BCUT2D eigenvalue weighted by Crippen LogP contribution is 2.28. The Morgan fingerprint density at radius 3 is 2.94 bits per heavy atom. The zero-order chi connectivity index (χ0) is 11.5. The summed E-state index contributed by atoms with van der Waals surface area (Å²) in [4.78, 5) is 11.2. The van der Waals surface area contributed by atoms with Crippen molar-refractivity contribution in [2.24, 2.45) is 11.0 Å². The quantitative estimate of drug-likeness (QED) is 0.640. The molecule has 0 saturated heterocycles. The van der Waals surface area contributed by atoms with Gasteiger partial charge in [-0.1, -0.05) is 17.7 Å². The SMILES string of the molecule is O=C(N/N=C/c1c(F)cccc1Cl)C1CC1. The van der Waals surface area contributed by atoms with Gasteiger partial charge in [0.2, 0.25) is 5.91 Å². The predicted octanol–water partition coefficient (Wildman–Crippen LogP) is 2.34. The third-order valence-electron chi connectivity index (χ3n) is 2.32. The molecule has 0 atom stereocenters. The summed E-state index contributed by atoms with van der Waals surface area (Å²) >= 11 is 5.78. The maximum Gasteiger partial charge on any atom is 0.243 e. The van der Waals surface area contributed by atoms with E-state index in [1.807, 2.05) is 0 Å². The third-order valence-corrected chi connectivity index (χ3v) is 2.65. The van der Waals surface area contributed by atoms with Gasteiger partial charge in [0, 0.05) is 11.5 Å². The fourth-order valence-corrected chi connectivity index (χ4v) is 1.44. The minimum absolute atomic E-state index is 0.0771. The molecule has 1 aliphatic carbocycles. The van der Waals surface area contributed by atoms with Crippen molar-refractivity contribution in [2.45, 2.75) is 12.8 Å². The summed E-state index contributed by atoms with van der Waals surface area (Å²) in [6.45, 7) is 0. The van der Waals surface area contributed by atoms with Gasteiger partial charge in [-0.05, 0) is 25.0 Å². The van der Waals surface area contributed by atoms with Gasteiger partial charge in [0.05, 0.1) is 11.2 Å². The number of amides is 1. The molecule has 0 bridgehead atoms. The van der Waals surface area contributed by atoms with E-state index in [2.05, 4.69) is 10.5 Å². The molecular formula is C11H10ClFN2O. The van der Waals surface area contributed by atoms with Crippen molar-refractivity contribution in [1.29, 1.82) is 0 Å². The first-order chi connectivity index (χ1) is 7.68. The molecule has 5 heteroatoms. The van der Waals surface area contributed by atoms with Crippen LogP contribution in [0.15, 0.2) is 23.3 Å². The topological polar surface area (TPSA) is 41.5 Å². The number of hydrogen-bond donors (Lipinski definition) is 1. The van der Waals surface area contributed by atoms with Gasteiger partial charge >= 0.3 is 0 Å². The number of benzene rings is 1. The number of halogens is 2. The lowest BCUT2D eigenvalue weighted by Gasteiger charge is -1.99. The molecule has 0 spiro atoms. The van der Waals surface area contributed by atoms with Crippen LogP contribution in [0, 0.1) is 11.7 Å². The van der Waals surface area contributed by atoms with Crippen LogP contribution in [0.3, 0.4) is 0 Å². The average molecular weight is 241 g/mol. The van der Waals surface area contributed by atoms with E-state index in [-0.39, 0.29) is 22.4 Å². The fourth-order valence-electron chi connectivity index (χ4n) is 1.23. The van der Waals surface area contributed by atoms with E-state index in [0.717, 1.165) is 12.8 Å². The monoisotopic (exact) mass is 240 g/mol. The van der Waals surface area contributed by atoms with Gasteiger partial charge in [-0.25, -0.2) is 9.82 Å². The van der Waals surface area contributed by atoms with Crippen molar-refractivity contribution < 1.29 is 9.18 Å². The number of nitrogens with zero attached hydrogens (tertiary/aromatic N) is 1. The number of hydrogen-bond acceptors (Lipinski definition) is 2. The zero-order valence-corrected chi connectivity index (χ0v) is 9.17. The lowest BCUT2D eigenvalue weighted by molar-refractivity contribution is -0.122. The van der Waals surface area contributed by atoms with Crippen LogP contribution in [0.5, 0.6) is 0 Å². The van der Waals surface area contributed by atoms with Gasteiger partial charge in [0.15, 0.2) is 0 Å². The molecule has 1 aliphatic rings. The van der Waals surface area contributed by atoms with E-state index in [9.17, 15) is 9.18 Å². The van der Waals surface area contributed by atoms with Crippen molar-refractivity contribution in [3.8, 4) is 0 Å². The molecule has 1 aromatic carbocycles. The van der Waals surface area contributed by atoms with Crippen molar-refractivity contribution in [3.05, 3.63) is 34.6 Å². The van der Waals surface area contributed by atoms with Crippen LogP contribution >= 0.6 is 11.6 Å². The van der Waals surface area contributed by atoms with E-state index in [4.69, 9.17) is 11.6 Å². The smallest absolute Gasteiger partial charge is 0.243 e. The van der Waals surface area contributed by atoms with E-state index < -0.39 is 5.82 Å². The van der Waals surface area contributed by atoms with Crippen LogP contribution in [0.1, 0.15) is 18.4 Å². The normalized spacial score (nSPS) is 15.4. The lowest BCUT2D eigenvalue weighted by Crippen LogP contribution is -2.19. The molecule has 0 radical (unpaired) electrons. The van der Waals surface area contributed by atoms with Crippen molar-refractivity contribution >= 4 is 23.7 Å². The van der Waals surface area contributed by atoms with Crippen molar-refractivity contribution in [3.63, 3.8) is 0 Å². The van der Waals surface area contributed by atoms with E-state index in [1.165, 1.54) is 18.3 Å². The van der Waals surface area contributed by atoms with Crippen molar-refractivity contribution in [1.82, 2.24) is 5.43 Å². The molecule has 16 heavy (non-hydrogen) atoms. The average Bonchev–Trinajstić information content (AvgIpc) is 3.05. The largest absolute Gasteiger partial charge is 0.273 e. The Labute approximate surface area is 97.3 Å².